The molecule has 3 heterocycles. The first kappa shape index (κ1) is 24.9. The summed E-state index contributed by atoms with van der Waals surface area (Å²) in [6, 6.07) is 12.6. The zero-order valence-corrected chi connectivity index (χ0v) is 22.3. The number of piperidine rings is 1. The van der Waals surface area contributed by atoms with Crippen molar-refractivity contribution in [1.29, 1.82) is 0 Å². The van der Waals surface area contributed by atoms with Crippen LogP contribution in [0.4, 0.5) is 16.0 Å². The molecule has 7 rings (SSSR count). The van der Waals surface area contributed by atoms with Crippen LogP contribution in [0, 0.1) is 24.1 Å². The summed E-state index contributed by atoms with van der Waals surface area (Å²) in [5.41, 5.74) is 2.64. The number of ether oxygens (including phenoxy) is 1. The number of nitrogens with zero attached hydrogens (tertiary/aromatic N) is 3. The van der Waals surface area contributed by atoms with Gasteiger partial charge in [-0.15, -0.1) is 0 Å². The van der Waals surface area contributed by atoms with Crippen LogP contribution in [0.3, 0.4) is 0 Å². The number of benzene rings is 2. The number of aromatic nitrogens is 3. The molecule has 0 unspecified atom stereocenters. The van der Waals surface area contributed by atoms with Crippen molar-refractivity contribution >= 4 is 28.3 Å². The Morgan fingerprint density at radius 1 is 1.10 bits per heavy atom. The van der Waals surface area contributed by atoms with Gasteiger partial charge in [-0.25, -0.2) is 19.3 Å². The summed E-state index contributed by atoms with van der Waals surface area (Å²) in [5.74, 6) is 0.914. The van der Waals surface area contributed by atoms with Crippen LogP contribution in [0.2, 0.25) is 0 Å². The van der Waals surface area contributed by atoms with Crippen molar-refractivity contribution in [3.05, 3.63) is 66.2 Å². The van der Waals surface area contributed by atoms with Crippen LogP contribution in [-0.2, 0) is 4.79 Å². The Balaban J connectivity index is 1.20. The largest absolute Gasteiger partial charge is 0.437 e. The Bertz CT molecular complexity index is 1620. The van der Waals surface area contributed by atoms with Crippen molar-refractivity contribution in [3.8, 4) is 22.9 Å². The lowest BCUT2D eigenvalue weighted by molar-refractivity contribution is -0.117. The lowest BCUT2D eigenvalue weighted by Gasteiger charge is -2.23. The van der Waals surface area contributed by atoms with Crippen molar-refractivity contribution in [3.63, 3.8) is 0 Å². The third-order valence-corrected chi connectivity index (χ3v) is 8.48. The number of hydrogen-bond acceptors (Lipinski definition) is 7. The van der Waals surface area contributed by atoms with E-state index in [2.05, 4.69) is 25.9 Å². The number of hydrogen-bond donors (Lipinski definition) is 3. The second kappa shape index (κ2) is 9.82. The Labute approximate surface area is 231 Å². The van der Waals surface area contributed by atoms with Crippen LogP contribution in [-0.4, -0.2) is 40.0 Å². The van der Waals surface area contributed by atoms with Crippen molar-refractivity contribution in [2.75, 3.05) is 23.7 Å². The highest BCUT2D eigenvalue weighted by atomic mass is 19.1. The second-order valence-electron chi connectivity index (χ2n) is 11.2. The average molecular weight is 539 g/mol. The Hall–Kier alpha value is -4.11. The van der Waals surface area contributed by atoms with E-state index in [1.165, 1.54) is 6.07 Å². The van der Waals surface area contributed by atoms with Gasteiger partial charge in [0.15, 0.2) is 0 Å². The minimum atomic E-state index is -0.464. The van der Waals surface area contributed by atoms with E-state index in [9.17, 15) is 4.79 Å². The topological polar surface area (TPSA) is 101 Å². The number of nitrogens with one attached hydrogen (secondary N) is 3. The van der Waals surface area contributed by atoms with Gasteiger partial charge in [-0.1, -0.05) is 12.1 Å². The van der Waals surface area contributed by atoms with E-state index in [1.807, 2.05) is 37.3 Å². The zero-order chi connectivity index (χ0) is 27.3. The molecule has 3 N–H and O–H groups in total. The molecule has 1 amide bonds. The summed E-state index contributed by atoms with van der Waals surface area (Å²) < 4.78 is 21.5. The molecule has 2 aliphatic carbocycles. The van der Waals surface area contributed by atoms with E-state index < -0.39 is 5.82 Å². The molecule has 1 spiro atoms. The molecular formula is C31H31FN6O2. The molecular weight excluding hydrogens is 507 g/mol. The summed E-state index contributed by atoms with van der Waals surface area (Å²) in [5, 5.41) is 11.0. The maximum atomic E-state index is 15.0. The molecule has 0 radical (unpaired) electrons. The maximum Gasteiger partial charge on any atom is 0.228 e. The lowest BCUT2D eigenvalue weighted by atomic mass is 10.0. The van der Waals surface area contributed by atoms with Gasteiger partial charge in [0.05, 0.1) is 16.9 Å². The van der Waals surface area contributed by atoms with Gasteiger partial charge in [0, 0.05) is 41.7 Å². The molecule has 1 aliphatic heterocycles. The third-order valence-electron chi connectivity index (χ3n) is 8.48. The molecule has 4 aromatic rings. The average Bonchev–Trinajstić information content (AvgIpc) is 3.91. The number of halogens is 1. The molecule has 2 aromatic heterocycles. The van der Waals surface area contributed by atoms with E-state index in [1.54, 1.807) is 18.5 Å². The number of rotatable bonds is 7. The fourth-order valence-electron chi connectivity index (χ4n) is 5.86. The van der Waals surface area contributed by atoms with Gasteiger partial charge in [-0.05, 0) is 86.9 Å². The highest BCUT2D eigenvalue weighted by Gasteiger charge is 2.65. The van der Waals surface area contributed by atoms with Crippen molar-refractivity contribution < 1.29 is 13.9 Å². The van der Waals surface area contributed by atoms with Crippen LogP contribution in [0.5, 0.6) is 11.6 Å². The van der Waals surface area contributed by atoms with Crippen LogP contribution >= 0.6 is 0 Å². The fourth-order valence-corrected chi connectivity index (χ4v) is 5.86. The van der Waals surface area contributed by atoms with Gasteiger partial charge >= 0.3 is 0 Å². The van der Waals surface area contributed by atoms with Gasteiger partial charge in [0.1, 0.15) is 11.6 Å². The predicted molar refractivity (Wildman–Crippen MR) is 152 cm³/mol. The first-order valence-electron chi connectivity index (χ1n) is 14.0. The smallest absolute Gasteiger partial charge is 0.228 e. The van der Waals surface area contributed by atoms with Crippen LogP contribution in [0.15, 0.2) is 54.9 Å². The van der Waals surface area contributed by atoms with Crippen molar-refractivity contribution in [2.24, 2.45) is 11.3 Å². The number of carbonyl (C=O) groups is 1. The molecule has 3 fully saturated rings. The molecule has 2 aromatic carbocycles. The summed E-state index contributed by atoms with van der Waals surface area (Å²) in [4.78, 5) is 26.6. The predicted octanol–water partition coefficient (Wildman–Crippen LogP) is 5.83. The highest BCUT2D eigenvalue weighted by molar-refractivity contribution is 6.06. The van der Waals surface area contributed by atoms with Crippen LogP contribution in [0.25, 0.3) is 22.0 Å². The molecule has 2 atom stereocenters. The monoisotopic (exact) mass is 538 g/mol. The summed E-state index contributed by atoms with van der Waals surface area (Å²) in [6.45, 7) is 3.84. The molecule has 3 aliphatic rings. The molecule has 9 heteroatoms. The Morgan fingerprint density at radius 3 is 2.77 bits per heavy atom. The number of pyridine rings is 1. The maximum absolute atomic E-state index is 15.0. The van der Waals surface area contributed by atoms with Gasteiger partial charge in [-0.2, -0.15) is 0 Å². The molecule has 40 heavy (non-hydrogen) atoms. The number of fused-ring (bicyclic) bond motifs is 1. The molecule has 204 valence electrons. The van der Waals surface area contributed by atoms with E-state index in [0.29, 0.717) is 39.6 Å². The second-order valence-corrected chi connectivity index (χ2v) is 11.2. The summed E-state index contributed by atoms with van der Waals surface area (Å²) in [7, 11) is 0. The number of carbonyl (C=O) groups excluding carboxylic acids is 1. The van der Waals surface area contributed by atoms with Crippen LogP contribution in [0.1, 0.15) is 37.7 Å². The van der Waals surface area contributed by atoms with Crippen molar-refractivity contribution in [2.45, 2.75) is 45.1 Å². The number of amides is 1. The summed E-state index contributed by atoms with van der Waals surface area (Å²) in [6.07, 6.45) is 8.65. The number of anilines is 2. The van der Waals surface area contributed by atoms with E-state index in [0.717, 1.165) is 50.8 Å². The molecule has 0 bridgehead atoms. The minimum absolute atomic E-state index is 0.0129. The van der Waals surface area contributed by atoms with Gasteiger partial charge in [0.2, 0.25) is 17.7 Å². The lowest BCUT2D eigenvalue weighted by Crippen LogP contribution is -2.38. The fraction of sp³-hybridized carbons (Fsp3) is 0.355. The first-order valence-corrected chi connectivity index (χ1v) is 14.0. The number of aryl methyl sites for hydroxylation is 1. The first-order chi connectivity index (χ1) is 19.5. The highest BCUT2D eigenvalue weighted by Crippen LogP contribution is 2.70. The molecule has 8 nitrogen and oxygen atoms in total. The zero-order valence-electron chi connectivity index (χ0n) is 22.3. The molecule has 1 saturated heterocycles. The van der Waals surface area contributed by atoms with E-state index >= 15 is 4.39 Å². The standard InChI is InChI=1S/C31H31FN6O2/c1-18-6-7-20-21(8-9-24(32)26(20)38-28(39)23-16-31(23)11-12-31)27(18)40-29-22(5-3-14-34-29)25-10-15-35-30(37-25)36-19-4-2-13-33-17-19/h3,5-10,14-15,19,23,33H,2,4,11-13,16-17H2,1H3,(H,38,39)(H,35,36,37)/t19-,23+/m0/s1. The van der Waals surface area contributed by atoms with Crippen molar-refractivity contribution in [1.82, 2.24) is 20.3 Å². The third kappa shape index (κ3) is 4.64. The van der Waals surface area contributed by atoms with Gasteiger partial charge in [0.25, 0.3) is 0 Å². The van der Waals surface area contributed by atoms with Gasteiger partial charge in [-0.3, -0.25) is 4.79 Å². The van der Waals surface area contributed by atoms with Gasteiger partial charge < -0.3 is 20.7 Å². The Morgan fingerprint density at radius 2 is 1.98 bits per heavy atom. The SMILES string of the molecule is Cc1ccc2c(NC(=O)[C@H]3CC34CC4)c(F)ccc2c1Oc1ncccc1-c1ccnc(N[C@H]2CCCNC2)n1. The Kier molecular flexibility index (Phi) is 6.11. The van der Waals surface area contributed by atoms with E-state index in [-0.39, 0.29) is 29.0 Å². The minimum Gasteiger partial charge on any atom is -0.437 e. The van der Waals surface area contributed by atoms with E-state index in [4.69, 9.17) is 9.72 Å². The normalized spacial score (nSPS) is 20.8. The summed E-state index contributed by atoms with van der Waals surface area (Å²) >= 11 is 0. The van der Waals surface area contributed by atoms with Crippen LogP contribution < -0.4 is 20.7 Å². The molecule has 2 saturated carbocycles. The quantitative estimate of drug-likeness (QED) is 0.272.